The quantitative estimate of drug-likeness (QED) is 0.532. The van der Waals surface area contributed by atoms with Crippen LogP contribution in [0.1, 0.15) is 18.9 Å². The Morgan fingerprint density at radius 2 is 1.94 bits per heavy atom. The van der Waals surface area contributed by atoms with Crippen molar-refractivity contribution in [2.24, 2.45) is 5.10 Å². The maximum Gasteiger partial charge on any atom is 0.354 e. The minimum atomic E-state index is -0.688. The van der Waals surface area contributed by atoms with Crippen molar-refractivity contribution in [1.82, 2.24) is 4.98 Å². The summed E-state index contributed by atoms with van der Waals surface area (Å²) < 4.78 is 10.9. The summed E-state index contributed by atoms with van der Waals surface area (Å²) >= 11 is 0. The van der Waals surface area contributed by atoms with Crippen LogP contribution >= 0.6 is 0 Å². The van der Waals surface area contributed by atoms with Gasteiger partial charge in [0.05, 0.1) is 12.3 Å². The standard InChI is InChI=1S/C25H24N4O4/c1-2-32-25(31)22-15-23(29(28-22)20-10-4-3-5-11-20)24(30)27-19-9-6-12-21(14-19)33-17-18-8-7-13-26-16-18/h3-14,16,23H,2,15,17H2,1H3,(H,27,30). The maximum atomic E-state index is 13.2. The minimum Gasteiger partial charge on any atom is -0.489 e. The van der Waals surface area contributed by atoms with E-state index in [4.69, 9.17) is 9.47 Å². The van der Waals surface area contributed by atoms with Crippen molar-refractivity contribution in [3.8, 4) is 5.75 Å². The molecule has 1 N–H and O–H groups in total. The number of nitrogens with zero attached hydrogens (tertiary/aromatic N) is 3. The predicted octanol–water partition coefficient (Wildman–Crippen LogP) is 3.80. The van der Waals surface area contributed by atoms with E-state index in [1.165, 1.54) is 0 Å². The van der Waals surface area contributed by atoms with E-state index < -0.39 is 12.0 Å². The van der Waals surface area contributed by atoms with Gasteiger partial charge in [0.15, 0.2) is 0 Å². The fraction of sp³-hybridized carbons (Fsp3) is 0.200. The first-order valence-corrected chi connectivity index (χ1v) is 10.7. The average molecular weight is 444 g/mol. The molecule has 8 heteroatoms. The number of ether oxygens (including phenoxy) is 2. The van der Waals surface area contributed by atoms with Crippen LogP contribution in [0, 0.1) is 0 Å². The lowest BCUT2D eigenvalue weighted by atomic mass is 10.1. The number of carbonyl (C=O) groups excluding carboxylic acids is 2. The molecule has 4 rings (SSSR count). The second-order valence-corrected chi connectivity index (χ2v) is 7.33. The van der Waals surface area contributed by atoms with Crippen molar-refractivity contribution in [2.75, 3.05) is 16.9 Å². The summed E-state index contributed by atoms with van der Waals surface area (Å²) in [4.78, 5) is 29.5. The number of aromatic nitrogens is 1. The number of pyridine rings is 1. The van der Waals surface area contributed by atoms with Crippen LogP contribution < -0.4 is 15.1 Å². The van der Waals surface area contributed by atoms with Gasteiger partial charge in [0, 0.05) is 36.1 Å². The highest BCUT2D eigenvalue weighted by Crippen LogP contribution is 2.26. The van der Waals surface area contributed by atoms with Crippen molar-refractivity contribution in [3.05, 3.63) is 84.7 Å². The van der Waals surface area contributed by atoms with Crippen LogP contribution in [-0.2, 0) is 20.9 Å². The normalized spacial score (nSPS) is 15.0. The Hall–Kier alpha value is -4.20. The molecule has 0 saturated heterocycles. The Balaban J connectivity index is 1.47. The lowest BCUT2D eigenvalue weighted by Gasteiger charge is -2.22. The molecule has 33 heavy (non-hydrogen) atoms. The van der Waals surface area contributed by atoms with Gasteiger partial charge in [-0.2, -0.15) is 5.10 Å². The number of esters is 1. The summed E-state index contributed by atoms with van der Waals surface area (Å²) in [5, 5.41) is 8.86. The monoisotopic (exact) mass is 444 g/mol. The van der Waals surface area contributed by atoms with Gasteiger partial charge in [-0.05, 0) is 37.3 Å². The van der Waals surface area contributed by atoms with Crippen molar-refractivity contribution in [1.29, 1.82) is 0 Å². The second-order valence-electron chi connectivity index (χ2n) is 7.33. The Morgan fingerprint density at radius 3 is 2.70 bits per heavy atom. The summed E-state index contributed by atoms with van der Waals surface area (Å²) in [6.45, 7) is 2.34. The molecule has 2 aromatic carbocycles. The highest BCUT2D eigenvalue weighted by Gasteiger charge is 2.36. The number of para-hydroxylation sites is 1. The molecular formula is C25H24N4O4. The van der Waals surface area contributed by atoms with Gasteiger partial charge in [0.1, 0.15) is 24.1 Å². The summed E-state index contributed by atoms with van der Waals surface area (Å²) in [7, 11) is 0. The van der Waals surface area contributed by atoms with Gasteiger partial charge in [0.25, 0.3) is 0 Å². The number of hydrazone groups is 1. The van der Waals surface area contributed by atoms with Crippen molar-refractivity contribution in [2.45, 2.75) is 26.0 Å². The molecule has 1 aliphatic rings. The molecular weight excluding hydrogens is 420 g/mol. The number of benzene rings is 2. The van der Waals surface area contributed by atoms with Crippen LogP contribution in [0.25, 0.3) is 0 Å². The van der Waals surface area contributed by atoms with Gasteiger partial charge in [0.2, 0.25) is 5.91 Å². The number of hydrogen-bond acceptors (Lipinski definition) is 7. The Kier molecular flexibility index (Phi) is 6.94. The van der Waals surface area contributed by atoms with Crippen molar-refractivity contribution in [3.63, 3.8) is 0 Å². The first-order chi connectivity index (χ1) is 16.1. The molecule has 8 nitrogen and oxygen atoms in total. The molecule has 0 fully saturated rings. The highest BCUT2D eigenvalue weighted by atomic mass is 16.5. The number of amides is 1. The molecule has 0 aliphatic carbocycles. The largest absolute Gasteiger partial charge is 0.489 e. The Bertz CT molecular complexity index is 1140. The van der Waals surface area contributed by atoms with Gasteiger partial charge in [-0.3, -0.25) is 14.8 Å². The smallest absolute Gasteiger partial charge is 0.354 e. The van der Waals surface area contributed by atoms with Gasteiger partial charge < -0.3 is 14.8 Å². The van der Waals surface area contributed by atoms with Crippen LogP contribution in [0.3, 0.4) is 0 Å². The third kappa shape index (κ3) is 5.54. The van der Waals surface area contributed by atoms with E-state index in [-0.39, 0.29) is 24.6 Å². The minimum absolute atomic E-state index is 0.150. The molecule has 168 valence electrons. The molecule has 1 unspecified atom stereocenters. The molecule has 3 aromatic rings. The van der Waals surface area contributed by atoms with Crippen molar-refractivity contribution >= 4 is 29.0 Å². The maximum absolute atomic E-state index is 13.2. The van der Waals surface area contributed by atoms with Crippen LogP contribution in [0.2, 0.25) is 0 Å². The molecule has 1 aromatic heterocycles. The molecule has 0 bridgehead atoms. The van der Waals surface area contributed by atoms with E-state index in [0.29, 0.717) is 23.7 Å². The van der Waals surface area contributed by atoms with E-state index in [1.807, 2.05) is 48.5 Å². The molecule has 1 atom stereocenters. The van der Waals surface area contributed by atoms with Crippen LogP contribution in [0.15, 0.2) is 84.2 Å². The zero-order chi connectivity index (χ0) is 23.0. The lowest BCUT2D eigenvalue weighted by Crippen LogP contribution is -2.38. The fourth-order valence-electron chi connectivity index (χ4n) is 3.41. The molecule has 1 amide bonds. The number of nitrogens with one attached hydrogen (secondary N) is 1. The average Bonchev–Trinajstić information content (AvgIpc) is 3.30. The van der Waals surface area contributed by atoms with Crippen LogP contribution in [0.5, 0.6) is 5.75 Å². The molecule has 0 saturated carbocycles. The van der Waals surface area contributed by atoms with E-state index in [1.54, 1.807) is 42.5 Å². The first-order valence-electron chi connectivity index (χ1n) is 10.7. The van der Waals surface area contributed by atoms with E-state index >= 15 is 0 Å². The van der Waals surface area contributed by atoms with Gasteiger partial charge >= 0.3 is 5.97 Å². The summed E-state index contributed by atoms with van der Waals surface area (Å²) in [6.07, 6.45) is 3.60. The Labute approximate surface area is 191 Å². The predicted molar refractivity (Wildman–Crippen MR) is 125 cm³/mol. The first kappa shape index (κ1) is 22.0. The highest BCUT2D eigenvalue weighted by molar-refractivity contribution is 6.38. The van der Waals surface area contributed by atoms with Crippen LogP contribution in [0.4, 0.5) is 11.4 Å². The molecule has 2 heterocycles. The van der Waals surface area contributed by atoms with Gasteiger partial charge in [-0.15, -0.1) is 0 Å². The number of carbonyl (C=O) groups is 2. The molecule has 0 spiro atoms. The Morgan fingerprint density at radius 1 is 1.09 bits per heavy atom. The third-order valence-electron chi connectivity index (χ3n) is 4.97. The lowest BCUT2D eigenvalue weighted by molar-refractivity contribution is -0.135. The van der Waals surface area contributed by atoms with Gasteiger partial charge in [-0.1, -0.05) is 30.3 Å². The van der Waals surface area contributed by atoms with Crippen LogP contribution in [-0.4, -0.2) is 35.2 Å². The third-order valence-corrected chi connectivity index (χ3v) is 4.97. The van der Waals surface area contributed by atoms with E-state index in [9.17, 15) is 9.59 Å². The summed E-state index contributed by atoms with van der Waals surface area (Å²) in [5.74, 6) is -0.183. The molecule has 0 radical (unpaired) electrons. The summed E-state index contributed by atoms with van der Waals surface area (Å²) in [5.41, 5.74) is 2.46. The van der Waals surface area contributed by atoms with Gasteiger partial charge in [-0.25, -0.2) is 4.79 Å². The summed E-state index contributed by atoms with van der Waals surface area (Å²) in [6, 6.07) is 19.5. The van der Waals surface area contributed by atoms with E-state index in [2.05, 4.69) is 15.4 Å². The number of rotatable bonds is 8. The topological polar surface area (TPSA) is 93.1 Å². The zero-order valence-corrected chi connectivity index (χ0v) is 18.2. The fourth-order valence-corrected chi connectivity index (χ4v) is 3.41. The number of anilines is 2. The van der Waals surface area contributed by atoms with E-state index in [0.717, 1.165) is 5.56 Å². The van der Waals surface area contributed by atoms with Crippen molar-refractivity contribution < 1.29 is 19.1 Å². The number of hydrogen-bond donors (Lipinski definition) is 1. The second kappa shape index (κ2) is 10.4. The molecule has 1 aliphatic heterocycles. The SMILES string of the molecule is CCOC(=O)C1=NN(c2ccccc2)C(C(=O)Nc2cccc(OCc3cccnc3)c2)C1. The zero-order valence-electron chi connectivity index (χ0n) is 18.2.